The molecule has 0 radical (unpaired) electrons. The number of piperazine rings is 1. The number of likely N-dealkylation sites (N-methyl/N-ethyl adjacent to an activating group) is 1. The van der Waals surface area contributed by atoms with Crippen LogP contribution in [0.4, 0.5) is 0 Å². The first-order valence-corrected chi connectivity index (χ1v) is 9.54. The molecule has 1 aliphatic carbocycles. The lowest BCUT2D eigenvalue weighted by Crippen LogP contribution is -2.44. The summed E-state index contributed by atoms with van der Waals surface area (Å²) < 4.78 is 0. The van der Waals surface area contributed by atoms with Gasteiger partial charge in [0.15, 0.2) is 0 Å². The topological polar surface area (TPSA) is 6.48 Å². The minimum atomic E-state index is 0.898. The highest BCUT2D eigenvalue weighted by molar-refractivity contribution is 4.74. The van der Waals surface area contributed by atoms with Gasteiger partial charge in [-0.2, -0.15) is 0 Å². The lowest BCUT2D eigenvalue weighted by Gasteiger charge is -2.32. The Bertz CT molecular complexity index is 261. The molecule has 0 amide bonds. The van der Waals surface area contributed by atoms with Crippen LogP contribution < -0.4 is 0 Å². The fourth-order valence-corrected chi connectivity index (χ4v) is 4.26. The first-order chi connectivity index (χ1) is 10.1. The number of hydrogen-bond acceptors (Lipinski definition) is 2. The summed E-state index contributed by atoms with van der Waals surface area (Å²) in [6.07, 6.45) is 11.9. The number of unbranched alkanes of at least 4 members (excludes halogenated alkanes) is 1. The van der Waals surface area contributed by atoms with E-state index in [2.05, 4.69) is 30.7 Å². The van der Waals surface area contributed by atoms with Gasteiger partial charge in [-0.25, -0.2) is 0 Å². The zero-order valence-electron chi connectivity index (χ0n) is 14.8. The summed E-state index contributed by atoms with van der Waals surface area (Å²) in [5.74, 6) is 3.00. The fraction of sp³-hybridized carbons (Fsp3) is 1.00. The van der Waals surface area contributed by atoms with Gasteiger partial charge in [0.25, 0.3) is 0 Å². The van der Waals surface area contributed by atoms with Crippen LogP contribution in [0.1, 0.15) is 65.2 Å². The highest BCUT2D eigenvalue weighted by atomic mass is 15.2. The van der Waals surface area contributed by atoms with Gasteiger partial charge in [0.1, 0.15) is 0 Å². The zero-order chi connectivity index (χ0) is 15.1. The molecule has 2 rings (SSSR count). The summed E-state index contributed by atoms with van der Waals surface area (Å²) in [4.78, 5) is 5.12. The Morgan fingerprint density at radius 2 is 1.48 bits per heavy atom. The van der Waals surface area contributed by atoms with E-state index in [1.165, 1.54) is 84.1 Å². The maximum Gasteiger partial charge on any atom is 0.0110 e. The lowest BCUT2D eigenvalue weighted by molar-refractivity contribution is 0.150. The molecule has 0 aromatic rings. The molecule has 21 heavy (non-hydrogen) atoms. The Labute approximate surface area is 133 Å². The highest BCUT2D eigenvalue weighted by Gasteiger charge is 2.21. The van der Waals surface area contributed by atoms with Crippen LogP contribution in [-0.2, 0) is 0 Å². The summed E-state index contributed by atoms with van der Waals surface area (Å²) in [5, 5.41) is 0. The van der Waals surface area contributed by atoms with Crippen molar-refractivity contribution in [3.8, 4) is 0 Å². The van der Waals surface area contributed by atoms with E-state index < -0.39 is 0 Å². The molecule has 1 aliphatic heterocycles. The van der Waals surface area contributed by atoms with Crippen LogP contribution in [0.5, 0.6) is 0 Å². The maximum atomic E-state index is 2.67. The zero-order valence-corrected chi connectivity index (χ0v) is 14.8. The molecule has 1 heterocycles. The summed E-state index contributed by atoms with van der Waals surface area (Å²) >= 11 is 0. The van der Waals surface area contributed by atoms with Crippen molar-refractivity contribution >= 4 is 0 Å². The molecule has 2 aliphatic rings. The molecule has 0 atom stereocenters. The fourth-order valence-electron chi connectivity index (χ4n) is 4.26. The Morgan fingerprint density at radius 1 is 0.857 bits per heavy atom. The first-order valence-electron chi connectivity index (χ1n) is 9.54. The molecule has 0 bridgehead atoms. The van der Waals surface area contributed by atoms with Crippen molar-refractivity contribution in [2.75, 3.05) is 39.8 Å². The molecule has 1 saturated carbocycles. The molecule has 2 heteroatoms. The van der Waals surface area contributed by atoms with Gasteiger partial charge < -0.3 is 9.80 Å². The second-order valence-electron chi connectivity index (χ2n) is 8.16. The molecular weight excluding hydrogens is 256 g/mol. The normalized spacial score (nSPS) is 29.1. The van der Waals surface area contributed by atoms with Gasteiger partial charge in [0.2, 0.25) is 0 Å². The van der Waals surface area contributed by atoms with E-state index in [1.807, 2.05) is 0 Å². The van der Waals surface area contributed by atoms with Gasteiger partial charge >= 0.3 is 0 Å². The first kappa shape index (κ1) is 17.3. The number of rotatable bonds is 7. The van der Waals surface area contributed by atoms with Crippen LogP contribution in [0, 0.1) is 17.8 Å². The SMILES string of the molecule is CC(C)CC1CCC(CCCCN2CCN(C)CC2)CC1. The van der Waals surface area contributed by atoms with Crippen LogP contribution >= 0.6 is 0 Å². The van der Waals surface area contributed by atoms with Crippen LogP contribution in [0.3, 0.4) is 0 Å². The number of hydrogen-bond donors (Lipinski definition) is 0. The molecule has 0 unspecified atom stereocenters. The summed E-state index contributed by atoms with van der Waals surface area (Å²) in [6, 6.07) is 0. The molecule has 2 fully saturated rings. The van der Waals surface area contributed by atoms with Crippen molar-refractivity contribution < 1.29 is 0 Å². The molecular formula is C19H38N2. The predicted molar refractivity (Wildman–Crippen MR) is 92.7 cm³/mol. The molecule has 1 saturated heterocycles. The van der Waals surface area contributed by atoms with Gasteiger partial charge in [-0.1, -0.05) is 52.4 Å². The average molecular weight is 295 g/mol. The predicted octanol–water partition coefficient (Wildman–Crippen LogP) is 4.26. The third-order valence-corrected chi connectivity index (χ3v) is 5.70. The van der Waals surface area contributed by atoms with E-state index in [0.717, 1.165) is 17.8 Å². The minimum Gasteiger partial charge on any atom is -0.304 e. The Morgan fingerprint density at radius 3 is 2.10 bits per heavy atom. The van der Waals surface area contributed by atoms with Crippen LogP contribution in [-0.4, -0.2) is 49.6 Å². The summed E-state index contributed by atoms with van der Waals surface area (Å²) in [7, 11) is 2.24. The molecule has 124 valence electrons. The molecule has 2 nitrogen and oxygen atoms in total. The highest BCUT2D eigenvalue weighted by Crippen LogP contribution is 2.34. The van der Waals surface area contributed by atoms with E-state index >= 15 is 0 Å². The average Bonchev–Trinajstić information content (AvgIpc) is 2.46. The van der Waals surface area contributed by atoms with Crippen molar-refractivity contribution in [1.82, 2.24) is 9.80 Å². The summed E-state index contributed by atoms with van der Waals surface area (Å²) in [6.45, 7) is 11.2. The standard InChI is InChI=1S/C19H38N2/c1-17(2)16-19-9-7-18(8-10-19)6-4-5-11-21-14-12-20(3)13-15-21/h17-19H,4-16H2,1-3H3. The largest absolute Gasteiger partial charge is 0.304 e. The van der Waals surface area contributed by atoms with E-state index in [4.69, 9.17) is 0 Å². The van der Waals surface area contributed by atoms with Crippen molar-refractivity contribution in [2.45, 2.75) is 65.2 Å². The second kappa shape index (κ2) is 9.15. The monoisotopic (exact) mass is 294 g/mol. The maximum absolute atomic E-state index is 2.67. The smallest absolute Gasteiger partial charge is 0.0110 e. The van der Waals surface area contributed by atoms with Crippen molar-refractivity contribution in [3.63, 3.8) is 0 Å². The second-order valence-corrected chi connectivity index (χ2v) is 8.16. The van der Waals surface area contributed by atoms with Gasteiger partial charge in [-0.15, -0.1) is 0 Å². The van der Waals surface area contributed by atoms with Crippen molar-refractivity contribution in [2.24, 2.45) is 17.8 Å². The van der Waals surface area contributed by atoms with E-state index in [-0.39, 0.29) is 0 Å². The molecule has 0 aromatic carbocycles. The Kier molecular flexibility index (Phi) is 7.53. The third-order valence-electron chi connectivity index (χ3n) is 5.70. The quantitative estimate of drug-likeness (QED) is 0.647. The van der Waals surface area contributed by atoms with Gasteiger partial charge in [-0.05, 0) is 44.2 Å². The molecule has 0 N–H and O–H groups in total. The van der Waals surface area contributed by atoms with Crippen molar-refractivity contribution in [1.29, 1.82) is 0 Å². The van der Waals surface area contributed by atoms with E-state index in [1.54, 1.807) is 0 Å². The van der Waals surface area contributed by atoms with E-state index in [0.29, 0.717) is 0 Å². The van der Waals surface area contributed by atoms with Crippen molar-refractivity contribution in [3.05, 3.63) is 0 Å². The number of nitrogens with zero attached hydrogens (tertiary/aromatic N) is 2. The Hall–Kier alpha value is -0.0800. The van der Waals surface area contributed by atoms with Gasteiger partial charge in [0.05, 0.1) is 0 Å². The van der Waals surface area contributed by atoms with Crippen LogP contribution in [0.15, 0.2) is 0 Å². The van der Waals surface area contributed by atoms with Crippen LogP contribution in [0.2, 0.25) is 0 Å². The van der Waals surface area contributed by atoms with Gasteiger partial charge in [0, 0.05) is 26.2 Å². The van der Waals surface area contributed by atoms with E-state index in [9.17, 15) is 0 Å². The minimum absolute atomic E-state index is 0.898. The lowest BCUT2D eigenvalue weighted by atomic mass is 9.77. The van der Waals surface area contributed by atoms with Gasteiger partial charge in [-0.3, -0.25) is 0 Å². The Balaban J connectivity index is 1.48. The molecule has 0 spiro atoms. The molecule has 0 aromatic heterocycles. The van der Waals surface area contributed by atoms with Crippen LogP contribution in [0.25, 0.3) is 0 Å². The third kappa shape index (κ3) is 6.69. The summed E-state index contributed by atoms with van der Waals surface area (Å²) in [5.41, 5.74) is 0.